The zero-order valence-electron chi connectivity index (χ0n) is 20.1. The molecule has 184 valence electrons. The lowest BCUT2D eigenvalue weighted by atomic mass is 9.93. The fourth-order valence-corrected chi connectivity index (χ4v) is 6.04. The first-order valence-corrected chi connectivity index (χ1v) is 12.9. The summed E-state index contributed by atoms with van der Waals surface area (Å²) < 4.78 is 5.69. The molecule has 2 aromatic carbocycles. The molecular formula is C26H28Cl2N4O2S. The number of rotatable bonds is 8. The van der Waals surface area contributed by atoms with Crippen molar-refractivity contribution in [2.24, 2.45) is 4.99 Å². The van der Waals surface area contributed by atoms with E-state index >= 15 is 0 Å². The summed E-state index contributed by atoms with van der Waals surface area (Å²) in [6, 6.07) is 12.8. The van der Waals surface area contributed by atoms with Crippen molar-refractivity contribution in [1.29, 1.82) is 0 Å². The number of halogens is 2. The Hall–Kier alpha value is -2.45. The smallest absolute Gasteiger partial charge is 0.251 e. The predicted octanol–water partition coefficient (Wildman–Crippen LogP) is 5.80. The zero-order chi connectivity index (χ0) is 25.1. The number of thioether (sulfide) groups is 1. The molecule has 2 aromatic rings. The lowest BCUT2D eigenvalue weighted by Gasteiger charge is -2.34. The largest absolute Gasteiger partial charge is 0.496 e. The molecule has 0 saturated heterocycles. The summed E-state index contributed by atoms with van der Waals surface area (Å²) in [5.74, 6) is 0.565. The maximum Gasteiger partial charge on any atom is 0.251 e. The number of carbonyl (C=O) groups is 1. The molecule has 0 spiro atoms. The molecule has 6 nitrogen and oxygen atoms in total. The van der Waals surface area contributed by atoms with E-state index < -0.39 is 6.04 Å². The Morgan fingerprint density at radius 1 is 1.17 bits per heavy atom. The predicted molar refractivity (Wildman–Crippen MR) is 146 cm³/mol. The fourth-order valence-electron chi connectivity index (χ4n) is 4.19. The number of allylic oxidation sites excluding steroid dienone is 1. The van der Waals surface area contributed by atoms with E-state index in [2.05, 4.69) is 10.2 Å². The second-order valence-corrected chi connectivity index (χ2v) is 10.4. The van der Waals surface area contributed by atoms with Gasteiger partial charge in [-0.2, -0.15) is 0 Å². The number of benzene rings is 2. The highest BCUT2D eigenvalue weighted by Crippen LogP contribution is 2.49. The molecule has 1 unspecified atom stereocenters. The first-order valence-electron chi connectivity index (χ1n) is 11.3. The highest BCUT2D eigenvalue weighted by molar-refractivity contribution is 8.22. The number of hydrogen-bond donors (Lipinski definition) is 1. The summed E-state index contributed by atoms with van der Waals surface area (Å²) in [4.78, 5) is 23.3. The monoisotopic (exact) mass is 530 g/mol. The van der Waals surface area contributed by atoms with Crippen molar-refractivity contribution in [3.63, 3.8) is 0 Å². The molecule has 1 amide bonds. The Kier molecular flexibility index (Phi) is 8.12. The third kappa shape index (κ3) is 5.38. The van der Waals surface area contributed by atoms with E-state index in [4.69, 9.17) is 32.9 Å². The first-order chi connectivity index (χ1) is 16.8. The minimum atomic E-state index is -0.418. The van der Waals surface area contributed by atoms with E-state index in [9.17, 15) is 4.79 Å². The molecule has 9 heteroatoms. The van der Waals surface area contributed by atoms with Crippen molar-refractivity contribution in [2.75, 3.05) is 34.3 Å². The van der Waals surface area contributed by atoms with E-state index in [-0.39, 0.29) is 5.91 Å². The number of amidine groups is 1. The van der Waals surface area contributed by atoms with Gasteiger partial charge in [0.25, 0.3) is 5.91 Å². The summed E-state index contributed by atoms with van der Waals surface area (Å²) in [7, 11) is 5.67. The fraction of sp³-hybridized carbons (Fsp3) is 0.308. The van der Waals surface area contributed by atoms with E-state index in [1.807, 2.05) is 74.6 Å². The van der Waals surface area contributed by atoms with Crippen molar-refractivity contribution >= 4 is 50.9 Å². The molecule has 1 atom stereocenters. The Bertz CT molecular complexity index is 1210. The van der Waals surface area contributed by atoms with Gasteiger partial charge in [-0.15, -0.1) is 0 Å². The van der Waals surface area contributed by atoms with Crippen LogP contribution in [0.4, 0.5) is 0 Å². The Morgan fingerprint density at radius 2 is 1.89 bits per heavy atom. The first kappa shape index (κ1) is 25.6. The number of nitrogens with one attached hydrogen (secondary N) is 1. The Morgan fingerprint density at radius 3 is 2.57 bits per heavy atom. The van der Waals surface area contributed by atoms with Crippen LogP contribution in [0.5, 0.6) is 5.75 Å². The van der Waals surface area contributed by atoms with Gasteiger partial charge in [0.15, 0.2) is 5.17 Å². The van der Waals surface area contributed by atoms with Crippen LogP contribution in [-0.2, 0) is 4.79 Å². The van der Waals surface area contributed by atoms with Crippen molar-refractivity contribution in [3.8, 4) is 5.75 Å². The number of ether oxygens (including phenoxy) is 1. The van der Waals surface area contributed by atoms with Gasteiger partial charge in [-0.3, -0.25) is 4.79 Å². The average molecular weight is 532 g/mol. The topological polar surface area (TPSA) is 57.2 Å². The van der Waals surface area contributed by atoms with Gasteiger partial charge in [0.05, 0.1) is 34.5 Å². The van der Waals surface area contributed by atoms with E-state index in [1.54, 1.807) is 7.11 Å². The molecule has 0 fully saturated rings. The van der Waals surface area contributed by atoms with Crippen LogP contribution in [-0.4, -0.2) is 55.2 Å². The molecule has 1 N–H and O–H groups in total. The molecule has 0 aliphatic carbocycles. The Labute approximate surface area is 220 Å². The molecule has 2 aliphatic heterocycles. The number of methoxy groups -OCH3 is 1. The molecule has 0 saturated carbocycles. The van der Waals surface area contributed by atoms with Gasteiger partial charge in [-0.25, -0.2) is 4.99 Å². The van der Waals surface area contributed by atoms with Crippen molar-refractivity contribution in [3.05, 3.63) is 81.1 Å². The third-order valence-corrected chi connectivity index (χ3v) is 7.48. The minimum Gasteiger partial charge on any atom is -0.496 e. The highest BCUT2D eigenvalue weighted by Gasteiger charge is 2.40. The summed E-state index contributed by atoms with van der Waals surface area (Å²) in [6.07, 6.45) is 2.83. The number of nitrogens with zero attached hydrogens (tertiary/aromatic N) is 3. The molecule has 0 bridgehead atoms. The lowest BCUT2D eigenvalue weighted by Crippen LogP contribution is -2.38. The van der Waals surface area contributed by atoms with Gasteiger partial charge in [-0.1, -0.05) is 47.5 Å². The Balaban J connectivity index is 1.76. The van der Waals surface area contributed by atoms with E-state index in [0.717, 1.165) is 34.2 Å². The van der Waals surface area contributed by atoms with Gasteiger partial charge in [0.2, 0.25) is 0 Å². The number of aliphatic imine (C=N–C) groups is 1. The van der Waals surface area contributed by atoms with Gasteiger partial charge < -0.3 is 19.9 Å². The van der Waals surface area contributed by atoms with Crippen LogP contribution in [0.25, 0.3) is 4.91 Å². The van der Waals surface area contributed by atoms with Crippen molar-refractivity contribution in [1.82, 2.24) is 15.1 Å². The van der Waals surface area contributed by atoms with Crippen LogP contribution in [0.1, 0.15) is 30.5 Å². The van der Waals surface area contributed by atoms with E-state index in [1.165, 1.54) is 11.8 Å². The van der Waals surface area contributed by atoms with Gasteiger partial charge >= 0.3 is 0 Å². The second-order valence-electron chi connectivity index (χ2n) is 8.55. The standard InChI is InChI=1S/C26H28Cl2N4O2S/c1-16-22(25(33)29-13-8-14-31(2)3)24(17-9-5-6-12-20(17)34-4)32-15-21(35-26(32)30-16)23-18(27)10-7-11-19(23)28/h5-7,9-12,15,24H,8,13-14H2,1-4H3,(H,29,33). The normalized spacial score (nSPS) is 17.3. The SMILES string of the molecule is COc1ccccc1C1C(C(=O)NCCCN(C)C)=C(C)N=C2SC(c3c(Cl)cccc3Cl)=CN21. The van der Waals surface area contributed by atoms with Crippen LogP contribution < -0.4 is 10.1 Å². The zero-order valence-corrected chi connectivity index (χ0v) is 22.5. The van der Waals surface area contributed by atoms with Gasteiger partial charge in [0.1, 0.15) is 5.75 Å². The molecule has 0 radical (unpaired) electrons. The summed E-state index contributed by atoms with van der Waals surface area (Å²) in [5.41, 5.74) is 2.89. The third-order valence-electron chi connectivity index (χ3n) is 5.84. The van der Waals surface area contributed by atoms with E-state index in [0.29, 0.717) is 33.6 Å². The second kappa shape index (κ2) is 11.1. The van der Waals surface area contributed by atoms with Gasteiger partial charge in [0, 0.05) is 28.8 Å². The quantitative estimate of drug-likeness (QED) is 0.437. The molecule has 2 heterocycles. The maximum atomic E-state index is 13.5. The molecule has 35 heavy (non-hydrogen) atoms. The van der Waals surface area contributed by atoms with Crippen LogP contribution in [0.3, 0.4) is 0 Å². The van der Waals surface area contributed by atoms with Crippen LogP contribution >= 0.6 is 35.0 Å². The minimum absolute atomic E-state index is 0.136. The highest BCUT2D eigenvalue weighted by atomic mass is 35.5. The molecular weight excluding hydrogens is 503 g/mol. The van der Waals surface area contributed by atoms with Crippen molar-refractivity contribution < 1.29 is 9.53 Å². The van der Waals surface area contributed by atoms with Crippen LogP contribution in [0, 0.1) is 0 Å². The number of amides is 1. The molecule has 2 aliphatic rings. The van der Waals surface area contributed by atoms with Crippen LogP contribution in [0.15, 0.2) is 64.9 Å². The maximum absolute atomic E-state index is 13.5. The summed E-state index contributed by atoms with van der Waals surface area (Å²) >= 11 is 14.5. The van der Waals surface area contributed by atoms with Gasteiger partial charge in [-0.05, 0) is 63.9 Å². The number of carbonyl (C=O) groups excluding carboxylic acids is 1. The summed E-state index contributed by atoms with van der Waals surface area (Å²) in [5, 5.41) is 4.97. The number of hydrogen-bond acceptors (Lipinski definition) is 6. The number of para-hydroxylation sites is 1. The molecule has 4 rings (SSSR count). The number of fused-ring (bicyclic) bond motifs is 1. The van der Waals surface area contributed by atoms with Crippen LogP contribution in [0.2, 0.25) is 10.0 Å². The average Bonchev–Trinajstić information content (AvgIpc) is 3.23. The molecule has 0 aromatic heterocycles. The van der Waals surface area contributed by atoms with Crippen molar-refractivity contribution in [2.45, 2.75) is 19.4 Å². The summed E-state index contributed by atoms with van der Waals surface area (Å²) in [6.45, 7) is 3.35. The lowest BCUT2D eigenvalue weighted by molar-refractivity contribution is -0.118.